The second kappa shape index (κ2) is 5.50. The number of nitrogens with two attached hydrogens (primary N) is 1. The van der Waals surface area contributed by atoms with Gasteiger partial charge in [-0.25, -0.2) is 4.98 Å². The van der Waals surface area contributed by atoms with Gasteiger partial charge in [0.2, 0.25) is 0 Å². The first-order valence-electron chi connectivity index (χ1n) is 6.69. The molecule has 0 bridgehead atoms. The molecule has 1 aliphatic carbocycles. The summed E-state index contributed by atoms with van der Waals surface area (Å²) in [5, 5.41) is 0. The lowest BCUT2D eigenvalue weighted by Gasteiger charge is -2.26. The van der Waals surface area contributed by atoms with Crippen LogP contribution in [0.4, 0.5) is 5.82 Å². The van der Waals surface area contributed by atoms with Crippen LogP contribution in [0.3, 0.4) is 0 Å². The van der Waals surface area contributed by atoms with E-state index in [-0.39, 0.29) is 0 Å². The molecule has 1 aromatic heterocycles. The highest BCUT2D eigenvalue weighted by Crippen LogP contribution is 2.33. The van der Waals surface area contributed by atoms with Gasteiger partial charge in [-0.15, -0.1) is 0 Å². The lowest BCUT2D eigenvalue weighted by Crippen LogP contribution is -2.29. The molecule has 3 heteroatoms. The van der Waals surface area contributed by atoms with E-state index in [0.29, 0.717) is 12.6 Å². The average Bonchev–Trinajstić information content (AvgIpc) is 3.14. The topological polar surface area (TPSA) is 42.2 Å². The van der Waals surface area contributed by atoms with E-state index in [9.17, 15) is 0 Å². The molecule has 94 valence electrons. The smallest absolute Gasteiger partial charge is 0.133 e. The Bertz CT molecular complexity index is 372. The summed E-state index contributed by atoms with van der Waals surface area (Å²) in [5.74, 6) is 1.13. The van der Waals surface area contributed by atoms with Gasteiger partial charge in [0.25, 0.3) is 0 Å². The fourth-order valence-corrected chi connectivity index (χ4v) is 2.25. The van der Waals surface area contributed by atoms with E-state index < -0.39 is 0 Å². The van der Waals surface area contributed by atoms with Crippen molar-refractivity contribution in [2.45, 2.75) is 52.1 Å². The first kappa shape index (κ1) is 12.4. The third-order valence-corrected chi connectivity index (χ3v) is 3.48. The molecule has 0 aliphatic heterocycles. The van der Waals surface area contributed by atoms with Crippen molar-refractivity contribution in [3.63, 3.8) is 0 Å². The normalized spacial score (nSPS) is 15.0. The molecule has 1 saturated carbocycles. The summed E-state index contributed by atoms with van der Waals surface area (Å²) in [6, 6.07) is 2.76. The van der Waals surface area contributed by atoms with Gasteiger partial charge in [0, 0.05) is 30.9 Å². The van der Waals surface area contributed by atoms with Gasteiger partial charge in [0.15, 0.2) is 0 Å². The van der Waals surface area contributed by atoms with Gasteiger partial charge in [-0.1, -0.05) is 13.3 Å². The minimum atomic E-state index is 0.588. The molecule has 1 aliphatic rings. The number of nitrogens with zero attached hydrogens (tertiary/aromatic N) is 2. The summed E-state index contributed by atoms with van der Waals surface area (Å²) in [6.07, 6.45) is 6.99. The number of aromatic nitrogens is 1. The Kier molecular flexibility index (Phi) is 4.00. The minimum absolute atomic E-state index is 0.588. The third kappa shape index (κ3) is 2.78. The summed E-state index contributed by atoms with van der Waals surface area (Å²) in [4.78, 5) is 7.04. The highest BCUT2D eigenvalue weighted by molar-refractivity contribution is 5.52. The van der Waals surface area contributed by atoms with Crippen LogP contribution >= 0.6 is 0 Å². The quantitative estimate of drug-likeness (QED) is 0.821. The molecule has 1 fully saturated rings. The standard InChI is InChI=1S/C14H23N3/c1-3-4-9-17(12-5-6-12)14-13(10-15)11(2)7-8-16-14/h7-8,12H,3-6,9-10,15H2,1-2H3. The fourth-order valence-electron chi connectivity index (χ4n) is 2.25. The molecule has 1 heterocycles. The van der Waals surface area contributed by atoms with Crippen LogP contribution in [0, 0.1) is 6.92 Å². The lowest BCUT2D eigenvalue weighted by atomic mass is 10.1. The van der Waals surface area contributed by atoms with E-state index in [1.165, 1.54) is 36.8 Å². The zero-order chi connectivity index (χ0) is 12.3. The number of unbranched alkanes of at least 4 members (excludes halogenated alkanes) is 1. The zero-order valence-electron chi connectivity index (χ0n) is 10.9. The molecule has 0 aromatic carbocycles. The Morgan fingerprint density at radius 1 is 1.47 bits per heavy atom. The van der Waals surface area contributed by atoms with Crippen LogP contribution in [0.2, 0.25) is 0 Å². The average molecular weight is 233 g/mol. The molecular formula is C14H23N3. The Balaban J connectivity index is 2.25. The Hall–Kier alpha value is -1.09. The van der Waals surface area contributed by atoms with Crippen molar-refractivity contribution in [2.75, 3.05) is 11.4 Å². The Morgan fingerprint density at radius 2 is 2.24 bits per heavy atom. The first-order chi connectivity index (χ1) is 8.27. The molecule has 0 atom stereocenters. The fraction of sp³-hybridized carbons (Fsp3) is 0.643. The molecule has 0 amide bonds. The maximum absolute atomic E-state index is 5.87. The van der Waals surface area contributed by atoms with Crippen molar-refractivity contribution in [3.05, 3.63) is 23.4 Å². The number of pyridine rings is 1. The van der Waals surface area contributed by atoms with Crippen LogP contribution in [-0.4, -0.2) is 17.6 Å². The van der Waals surface area contributed by atoms with Crippen molar-refractivity contribution in [1.82, 2.24) is 4.98 Å². The van der Waals surface area contributed by atoms with Gasteiger partial charge < -0.3 is 10.6 Å². The number of hydrogen-bond donors (Lipinski definition) is 1. The number of aryl methyl sites for hydroxylation is 1. The van der Waals surface area contributed by atoms with Crippen LogP contribution < -0.4 is 10.6 Å². The third-order valence-electron chi connectivity index (χ3n) is 3.48. The van der Waals surface area contributed by atoms with E-state index in [0.717, 1.165) is 12.4 Å². The van der Waals surface area contributed by atoms with Gasteiger partial charge >= 0.3 is 0 Å². The predicted octanol–water partition coefficient (Wildman–Crippen LogP) is 2.62. The van der Waals surface area contributed by atoms with Gasteiger partial charge in [0.1, 0.15) is 5.82 Å². The second-order valence-electron chi connectivity index (χ2n) is 4.91. The monoisotopic (exact) mass is 233 g/mol. The number of hydrogen-bond acceptors (Lipinski definition) is 3. The van der Waals surface area contributed by atoms with E-state index in [4.69, 9.17) is 5.73 Å². The Labute approximate surface area is 104 Å². The highest BCUT2D eigenvalue weighted by atomic mass is 15.2. The molecule has 0 unspecified atom stereocenters. The summed E-state index contributed by atoms with van der Waals surface area (Å²) >= 11 is 0. The van der Waals surface area contributed by atoms with E-state index >= 15 is 0 Å². The van der Waals surface area contributed by atoms with Crippen molar-refractivity contribution in [1.29, 1.82) is 0 Å². The summed E-state index contributed by atoms with van der Waals surface area (Å²) in [6.45, 7) is 6.06. The zero-order valence-corrected chi connectivity index (χ0v) is 10.9. The molecule has 3 nitrogen and oxygen atoms in total. The van der Waals surface area contributed by atoms with Crippen LogP contribution in [-0.2, 0) is 6.54 Å². The molecule has 2 N–H and O–H groups in total. The minimum Gasteiger partial charge on any atom is -0.353 e. The van der Waals surface area contributed by atoms with Crippen molar-refractivity contribution < 1.29 is 0 Å². The van der Waals surface area contributed by atoms with Crippen LogP contribution in [0.5, 0.6) is 0 Å². The second-order valence-corrected chi connectivity index (χ2v) is 4.91. The van der Waals surface area contributed by atoms with E-state index in [2.05, 4.69) is 29.8 Å². The van der Waals surface area contributed by atoms with Crippen molar-refractivity contribution >= 4 is 5.82 Å². The van der Waals surface area contributed by atoms with Gasteiger partial charge in [-0.3, -0.25) is 0 Å². The maximum Gasteiger partial charge on any atom is 0.133 e. The van der Waals surface area contributed by atoms with Crippen LogP contribution in [0.1, 0.15) is 43.7 Å². The predicted molar refractivity (Wildman–Crippen MR) is 72.1 cm³/mol. The molecule has 17 heavy (non-hydrogen) atoms. The van der Waals surface area contributed by atoms with Crippen molar-refractivity contribution in [3.8, 4) is 0 Å². The van der Waals surface area contributed by atoms with Gasteiger partial charge in [-0.2, -0.15) is 0 Å². The van der Waals surface area contributed by atoms with Gasteiger partial charge in [0.05, 0.1) is 0 Å². The van der Waals surface area contributed by atoms with Gasteiger partial charge in [-0.05, 0) is 37.8 Å². The molecule has 0 radical (unpaired) electrons. The molecule has 0 saturated heterocycles. The molecule has 0 spiro atoms. The molecular weight excluding hydrogens is 210 g/mol. The van der Waals surface area contributed by atoms with Crippen LogP contribution in [0.25, 0.3) is 0 Å². The highest BCUT2D eigenvalue weighted by Gasteiger charge is 2.30. The first-order valence-corrected chi connectivity index (χ1v) is 6.69. The molecule has 2 rings (SSSR count). The summed E-state index contributed by atoms with van der Waals surface area (Å²) < 4.78 is 0. The largest absolute Gasteiger partial charge is 0.353 e. The van der Waals surface area contributed by atoms with E-state index in [1.807, 2.05) is 6.20 Å². The SMILES string of the molecule is CCCCN(c1nccc(C)c1CN)C1CC1. The van der Waals surface area contributed by atoms with E-state index in [1.54, 1.807) is 0 Å². The van der Waals surface area contributed by atoms with Crippen LogP contribution in [0.15, 0.2) is 12.3 Å². The number of anilines is 1. The molecule has 1 aromatic rings. The lowest BCUT2D eigenvalue weighted by molar-refractivity contribution is 0.699. The summed E-state index contributed by atoms with van der Waals surface area (Å²) in [7, 11) is 0. The Morgan fingerprint density at radius 3 is 2.82 bits per heavy atom. The number of rotatable bonds is 6. The van der Waals surface area contributed by atoms with Crippen molar-refractivity contribution in [2.24, 2.45) is 5.73 Å². The summed E-state index contributed by atoms with van der Waals surface area (Å²) in [5.41, 5.74) is 8.35. The maximum atomic E-state index is 5.87.